The summed E-state index contributed by atoms with van der Waals surface area (Å²) in [6, 6.07) is 17.5. The summed E-state index contributed by atoms with van der Waals surface area (Å²) in [6.07, 6.45) is -0.519. The van der Waals surface area contributed by atoms with Gasteiger partial charge in [0, 0.05) is 4.92 Å². The van der Waals surface area contributed by atoms with Crippen LogP contribution in [0, 0.1) is 10.1 Å². The molecule has 0 saturated carbocycles. The van der Waals surface area contributed by atoms with Gasteiger partial charge in [-0.3, -0.25) is 15.0 Å². The number of benzene rings is 2. The normalized spacial score (nSPS) is 18.5. The Morgan fingerprint density at radius 1 is 1.13 bits per heavy atom. The Kier molecular flexibility index (Phi) is 4.23. The van der Waals surface area contributed by atoms with E-state index in [-0.39, 0.29) is 19.2 Å². The zero-order chi connectivity index (χ0) is 16.2. The maximum absolute atomic E-state index is 12.2. The molecule has 3 rings (SSSR count). The van der Waals surface area contributed by atoms with E-state index in [0.717, 1.165) is 11.1 Å². The third kappa shape index (κ3) is 3.15. The van der Waals surface area contributed by atoms with Crippen molar-refractivity contribution in [3.8, 4) is 0 Å². The van der Waals surface area contributed by atoms with Crippen LogP contribution in [0.3, 0.4) is 0 Å². The quantitative estimate of drug-likeness (QED) is 0.628. The molecule has 1 aliphatic rings. The molecule has 2 aromatic carbocycles. The third-order valence-corrected chi connectivity index (χ3v) is 3.94. The highest BCUT2D eigenvalue weighted by atomic mass is 16.6. The van der Waals surface area contributed by atoms with Crippen LogP contribution in [-0.2, 0) is 4.74 Å². The molecular weight excluding hydrogens is 296 g/mol. The maximum atomic E-state index is 12.2. The Bertz CT molecular complexity index is 690. The first-order valence-electron chi connectivity index (χ1n) is 7.33. The molecule has 0 N–H and O–H groups in total. The van der Waals surface area contributed by atoms with Crippen LogP contribution >= 0.6 is 0 Å². The number of nitrogens with zero attached hydrogens (tertiary/aromatic N) is 2. The molecule has 0 bridgehead atoms. The summed E-state index contributed by atoms with van der Waals surface area (Å²) in [5, 5.41) is 11.1. The van der Waals surface area contributed by atoms with Crippen LogP contribution in [0.15, 0.2) is 60.7 Å². The van der Waals surface area contributed by atoms with Gasteiger partial charge in [0.05, 0.1) is 6.04 Å². The lowest BCUT2D eigenvalue weighted by Crippen LogP contribution is -2.36. The van der Waals surface area contributed by atoms with Crippen LogP contribution in [-0.4, -0.2) is 29.1 Å². The lowest BCUT2D eigenvalue weighted by Gasteiger charge is -2.28. The second-order valence-electron chi connectivity index (χ2n) is 5.35. The van der Waals surface area contributed by atoms with E-state index in [1.807, 2.05) is 36.4 Å². The average molecular weight is 312 g/mol. The van der Waals surface area contributed by atoms with Crippen molar-refractivity contribution < 1.29 is 14.5 Å². The first kappa shape index (κ1) is 15.0. The topological polar surface area (TPSA) is 72.7 Å². The number of ether oxygens (including phenoxy) is 1. The first-order chi connectivity index (χ1) is 11.2. The SMILES string of the molecule is O=C1OC[C@H](c2ccccc2)N1[C@H](C[N+](=O)[O-])c1ccccc1. The fourth-order valence-corrected chi connectivity index (χ4v) is 2.88. The zero-order valence-electron chi connectivity index (χ0n) is 12.4. The average Bonchev–Trinajstić information content (AvgIpc) is 2.95. The van der Waals surface area contributed by atoms with E-state index in [1.54, 1.807) is 24.3 Å². The highest BCUT2D eigenvalue weighted by molar-refractivity contribution is 5.71. The Morgan fingerprint density at radius 3 is 2.35 bits per heavy atom. The van der Waals surface area contributed by atoms with Crippen LogP contribution in [0.2, 0.25) is 0 Å². The van der Waals surface area contributed by atoms with Crippen molar-refractivity contribution in [3.05, 3.63) is 81.9 Å². The van der Waals surface area contributed by atoms with Gasteiger partial charge in [0.2, 0.25) is 6.54 Å². The number of hydrogen-bond acceptors (Lipinski definition) is 4. The zero-order valence-corrected chi connectivity index (χ0v) is 12.4. The number of amides is 1. The van der Waals surface area contributed by atoms with Crippen LogP contribution < -0.4 is 0 Å². The fourth-order valence-electron chi connectivity index (χ4n) is 2.88. The predicted molar refractivity (Wildman–Crippen MR) is 83.4 cm³/mol. The molecule has 1 aliphatic heterocycles. The van der Waals surface area contributed by atoms with Crippen molar-refractivity contribution >= 4 is 6.09 Å². The van der Waals surface area contributed by atoms with Gasteiger partial charge in [-0.1, -0.05) is 60.7 Å². The summed E-state index contributed by atoms with van der Waals surface area (Å²) < 4.78 is 5.18. The number of carbonyl (C=O) groups is 1. The van der Waals surface area contributed by atoms with Gasteiger partial charge in [0.1, 0.15) is 12.6 Å². The summed E-state index contributed by atoms with van der Waals surface area (Å²) in [7, 11) is 0. The van der Waals surface area contributed by atoms with Gasteiger partial charge in [-0.15, -0.1) is 0 Å². The highest BCUT2D eigenvalue weighted by Gasteiger charge is 2.41. The smallest absolute Gasteiger partial charge is 0.411 e. The molecule has 118 valence electrons. The summed E-state index contributed by atoms with van der Waals surface area (Å²) in [4.78, 5) is 24.4. The molecule has 6 nitrogen and oxygen atoms in total. The highest BCUT2D eigenvalue weighted by Crippen LogP contribution is 2.35. The van der Waals surface area contributed by atoms with Gasteiger partial charge < -0.3 is 4.74 Å². The van der Waals surface area contributed by atoms with Gasteiger partial charge >= 0.3 is 6.09 Å². The standard InChI is InChI=1S/C17H16N2O4/c20-17-19(16(12-23-17)14-9-5-2-6-10-14)15(11-18(21)22)13-7-3-1-4-8-13/h1-10,15-16H,11-12H2/t15-,16-/m1/s1. The van der Waals surface area contributed by atoms with Crippen LogP contribution in [0.1, 0.15) is 23.2 Å². The molecule has 1 heterocycles. The van der Waals surface area contributed by atoms with Crippen molar-refractivity contribution in [1.29, 1.82) is 0 Å². The number of hydrogen-bond donors (Lipinski definition) is 0. The van der Waals surface area contributed by atoms with E-state index >= 15 is 0 Å². The fraction of sp³-hybridized carbons (Fsp3) is 0.235. The summed E-state index contributed by atoms with van der Waals surface area (Å²) in [5.74, 6) is 0. The largest absolute Gasteiger partial charge is 0.447 e. The van der Waals surface area contributed by atoms with Crippen molar-refractivity contribution in [2.75, 3.05) is 13.2 Å². The number of rotatable bonds is 5. The monoisotopic (exact) mass is 312 g/mol. The van der Waals surface area contributed by atoms with E-state index in [4.69, 9.17) is 4.74 Å². The Hall–Kier alpha value is -2.89. The minimum atomic E-state index is -0.661. The number of cyclic esters (lactones) is 1. The second kappa shape index (κ2) is 6.48. The maximum Gasteiger partial charge on any atom is 0.411 e. The van der Waals surface area contributed by atoms with E-state index in [2.05, 4.69) is 0 Å². The van der Waals surface area contributed by atoms with Crippen molar-refractivity contribution in [3.63, 3.8) is 0 Å². The Balaban J connectivity index is 1.98. The van der Waals surface area contributed by atoms with Crippen molar-refractivity contribution in [2.24, 2.45) is 0 Å². The molecule has 2 aromatic rings. The van der Waals surface area contributed by atoms with Gasteiger partial charge in [0.25, 0.3) is 0 Å². The van der Waals surface area contributed by atoms with E-state index in [9.17, 15) is 14.9 Å². The van der Waals surface area contributed by atoms with E-state index in [0.29, 0.717) is 0 Å². The summed E-state index contributed by atoms with van der Waals surface area (Å²) in [5.41, 5.74) is 1.63. The van der Waals surface area contributed by atoms with Gasteiger partial charge in [-0.05, 0) is 11.1 Å². The number of nitro groups is 1. The molecule has 2 atom stereocenters. The van der Waals surface area contributed by atoms with Crippen LogP contribution in [0.4, 0.5) is 4.79 Å². The van der Waals surface area contributed by atoms with Crippen LogP contribution in [0.5, 0.6) is 0 Å². The van der Waals surface area contributed by atoms with Crippen molar-refractivity contribution in [2.45, 2.75) is 12.1 Å². The minimum Gasteiger partial charge on any atom is -0.447 e. The minimum absolute atomic E-state index is 0.198. The molecule has 1 fully saturated rings. The second-order valence-corrected chi connectivity index (χ2v) is 5.35. The van der Waals surface area contributed by atoms with Gasteiger partial charge in [-0.25, -0.2) is 4.79 Å². The summed E-state index contributed by atoms with van der Waals surface area (Å²) >= 11 is 0. The van der Waals surface area contributed by atoms with E-state index < -0.39 is 17.1 Å². The van der Waals surface area contributed by atoms with E-state index in [1.165, 1.54) is 4.90 Å². The lowest BCUT2D eigenvalue weighted by molar-refractivity contribution is -0.487. The predicted octanol–water partition coefficient (Wildman–Crippen LogP) is 3.20. The molecule has 0 spiro atoms. The Labute approximate surface area is 133 Å². The third-order valence-electron chi connectivity index (χ3n) is 3.94. The first-order valence-corrected chi connectivity index (χ1v) is 7.33. The summed E-state index contributed by atoms with van der Waals surface area (Å²) in [6.45, 7) is -0.160. The molecule has 0 aromatic heterocycles. The Morgan fingerprint density at radius 2 is 1.74 bits per heavy atom. The number of carbonyl (C=O) groups excluding carboxylic acids is 1. The molecular formula is C17H16N2O4. The molecule has 0 aliphatic carbocycles. The molecule has 23 heavy (non-hydrogen) atoms. The molecule has 6 heteroatoms. The van der Waals surface area contributed by atoms with Crippen LogP contribution in [0.25, 0.3) is 0 Å². The van der Waals surface area contributed by atoms with Gasteiger partial charge in [0.15, 0.2) is 0 Å². The molecule has 1 amide bonds. The van der Waals surface area contributed by atoms with Crippen molar-refractivity contribution in [1.82, 2.24) is 4.90 Å². The lowest BCUT2D eigenvalue weighted by atomic mass is 10.0. The molecule has 0 radical (unpaired) electrons. The van der Waals surface area contributed by atoms with Gasteiger partial charge in [-0.2, -0.15) is 0 Å². The molecule has 0 unspecified atom stereocenters. The molecule has 1 saturated heterocycles.